The molecular formula is C39H75NO5S. The summed E-state index contributed by atoms with van der Waals surface area (Å²) in [4.78, 5) is 12.5. The van der Waals surface area contributed by atoms with E-state index in [-0.39, 0.29) is 5.91 Å². The first kappa shape index (κ1) is 44.8. The SMILES string of the molecule is CCCCC/C=C\C/C=C\CCCCCCCC(=O)NC(CS(=O)(=O)O)C(O)CCCCCCCCCCCCCCCCCC. The van der Waals surface area contributed by atoms with Crippen LogP contribution in [0.4, 0.5) is 0 Å². The molecule has 0 aliphatic heterocycles. The number of rotatable bonds is 35. The molecule has 0 aliphatic carbocycles. The average Bonchev–Trinajstić information content (AvgIpc) is 3.01. The minimum atomic E-state index is -4.31. The summed E-state index contributed by atoms with van der Waals surface area (Å²) in [5.74, 6) is -0.911. The zero-order chi connectivity index (χ0) is 34.0. The fourth-order valence-corrected chi connectivity index (χ4v) is 6.71. The van der Waals surface area contributed by atoms with Gasteiger partial charge in [0.05, 0.1) is 17.9 Å². The van der Waals surface area contributed by atoms with Gasteiger partial charge in [0.2, 0.25) is 5.91 Å². The van der Waals surface area contributed by atoms with Gasteiger partial charge in [0, 0.05) is 6.42 Å². The molecule has 6 nitrogen and oxygen atoms in total. The van der Waals surface area contributed by atoms with Crippen LogP contribution in [-0.2, 0) is 14.9 Å². The van der Waals surface area contributed by atoms with E-state index >= 15 is 0 Å². The molecule has 0 heterocycles. The Bertz CT molecular complexity index is 826. The van der Waals surface area contributed by atoms with Gasteiger partial charge in [-0.1, -0.05) is 173 Å². The Morgan fingerprint density at radius 3 is 1.46 bits per heavy atom. The van der Waals surface area contributed by atoms with Gasteiger partial charge in [0.1, 0.15) is 0 Å². The summed E-state index contributed by atoms with van der Waals surface area (Å²) < 4.78 is 32.5. The smallest absolute Gasteiger partial charge is 0.266 e. The molecule has 0 rings (SSSR count). The molecule has 0 bridgehead atoms. The minimum absolute atomic E-state index is 0.259. The quantitative estimate of drug-likeness (QED) is 0.0354. The van der Waals surface area contributed by atoms with E-state index in [1.54, 1.807) is 0 Å². The summed E-state index contributed by atoms with van der Waals surface area (Å²) in [6.07, 6.45) is 41.2. The van der Waals surface area contributed by atoms with E-state index in [0.717, 1.165) is 64.2 Å². The Morgan fingerprint density at radius 2 is 0.978 bits per heavy atom. The second-order valence-corrected chi connectivity index (χ2v) is 15.1. The van der Waals surface area contributed by atoms with Crippen LogP contribution in [0.1, 0.15) is 200 Å². The number of hydrogen-bond acceptors (Lipinski definition) is 4. The molecule has 0 radical (unpaired) electrons. The summed E-state index contributed by atoms with van der Waals surface area (Å²) >= 11 is 0. The molecule has 0 fully saturated rings. The fraction of sp³-hybridized carbons (Fsp3) is 0.872. The second-order valence-electron chi connectivity index (χ2n) is 13.6. The molecule has 2 unspecified atom stereocenters. The lowest BCUT2D eigenvalue weighted by molar-refractivity contribution is -0.122. The Labute approximate surface area is 285 Å². The van der Waals surface area contributed by atoms with Crippen molar-refractivity contribution in [3.63, 3.8) is 0 Å². The molecule has 0 aromatic heterocycles. The molecule has 0 aliphatic rings. The zero-order valence-electron chi connectivity index (χ0n) is 30.2. The highest BCUT2D eigenvalue weighted by atomic mass is 32.2. The highest BCUT2D eigenvalue weighted by molar-refractivity contribution is 7.85. The van der Waals surface area contributed by atoms with Gasteiger partial charge in [-0.15, -0.1) is 0 Å². The monoisotopic (exact) mass is 670 g/mol. The molecule has 272 valence electrons. The maximum absolute atomic E-state index is 12.5. The van der Waals surface area contributed by atoms with Gasteiger partial charge in [0.25, 0.3) is 10.1 Å². The highest BCUT2D eigenvalue weighted by Gasteiger charge is 2.26. The second kappa shape index (κ2) is 33.7. The molecule has 1 amide bonds. The Morgan fingerprint density at radius 1 is 0.587 bits per heavy atom. The van der Waals surface area contributed by atoms with Gasteiger partial charge in [0.15, 0.2) is 0 Å². The number of aliphatic hydroxyl groups excluding tert-OH is 1. The summed E-state index contributed by atoms with van der Waals surface area (Å²) in [7, 11) is -4.31. The van der Waals surface area contributed by atoms with Crippen molar-refractivity contribution in [2.45, 2.75) is 212 Å². The van der Waals surface area contributed by atoms with E-state index in [9.17, 15) is 22.9 Å². The van der Waals surface area contributed by atoms with E-state index in [0.29, 0.717) is 12.8 Å². The Hall–Kier alpha value is -1.18. The van der Waals surface area contributed by atoms with Crippen molar-refractivity contribution in [1.82, 2.24) is 5.32 Å². The lowest BCUT2D eigenvalue weighted by Crippen LogP contribution is -2.47. The molecule has 0 aromatic rings. The predicted octanol–water partition coefficient (Wildman–Crippen LogP) is 11.2. The Balaban J connectivity index is 3.91. The van der Waals surface area contributed by atoms with Gasteiger partial charge < -0.3 is 10.4 Å². The number of hydrogen-bond donors (Lipinski definition) is 3. The number of amides is 1. The molecule has 0 spiro atoms. The highest BCUT2D eigenvalue weighted by Crippen LogP contribution is 2.16. The average molecular weight is 670 g/mol. The van der Waals surface area contributed by atoms with Crippen molar-refractivity contribution in [2.75, 3.05) is 5.75 Å². The summed E-state index contributed by atoms with van der Waals surface area (Å²) in [5, 5.41) is 13.3. The number of allylic oxidation sites excluding steroid dienone is 4. The van der Waals surface area contributed by atoms with Crippen molar-refractivity contribution < 1.29 is 22.9 Å². The standard InChI is InChI=1S/C39H75NO5S/c1-3-5-7-9-11-13-15-17-19-21-22-24-26-28-30-32-34-38(41)37(36-46(43,44)45)40-39(42)35-33-31-29-27-25-23-20-18-16-14-12-10-8-6-4-2/h12,14,18,20,37-38,41H,3-11,13,15-17,19,21-36H2,1-2H3,(H,40,42)(H,43,44,45)/b14-12-,20-18-. The molecule has 46 heavy (non-hydrogen) atoms. The zero-order valence-corrected chi connectivity index (χ0v) is 31.0. The van der Waals surface area contributed by atoms with Crippen LogP contribution >= 0.6 is 0 Å². The summed E-state index contributed by atoms with van der Waals surface area (Å²) in [6.45, 7) is 4.49. The first-order valence-electron chi connectivity index (χ1n) is 19.5. The van der Waals surface area contributed by atoms with Crippen LogP contribution in [0.15, 0.2) is 24.3 Å². The molecule has 0 saturated carbocycles. The first-order chi connectivity index (χ1) is 22.3. The van der Waals surface area contributed by atoms with Gasteiger partial charge in [-0.05, 0) is 44.9 Å². The van der Waals surface area contributed by atoms with E-state index in [1.807, 2.05) is 0 Å². The van der Waals surface area contributed by atoms with Crippen LogP contribution in [0.25, 0.3) is 0 Å². The minimum Gasteiger partial charge on any atom is -0.391 e. The van der Waals surface area contributed by atoms with Crippen molar-refractivity contribution in [1.29, 1.82) is 0 Å². The van der Waals surface area contributed by atoms with Crippen LogP contribution in [0.3, 0.4) is 0 Å². The third-order valence-electron chi connectivity index (χ3n) is 8.91. The number of nitrogens with one attached hydrogen (secondary N) is 1. The summed E-state index contributed by atoms with van der Waals surface area (Å²) in [5.41, 5.74) is 0. The van der Waals surface area contributed by atoms with Gasteiger partial charge in [-0.25, -0.2) is 0 Å². The molecular weight excluding hydrogens is 594 g/mol. The fourth-order valence-electron chi connectivity index (χ4n) is 5.95. The van der Waals surface area contributed by atoms with Gasteiger partial charge in [-0.2, -0.15) is 8.42 Å². The van der Waals surface area contributed by atoms with Gasteiger partial charge in [-0.3, -0.25) is 9.35 Å². The van der Waals surface area contributed by atoms with E-state index in [1.165, 1.54) is 109 Å². The van der Waals surface area contributed by atoms with Crippen LogP contribution in [0.5, 0.6) is 0 Å². The molecule has 7 heteroatoms. The van der Waals surface area contributed by atoms with Crippen molar-refractivity contribution in [3.8, 4) is 0 Å². The lowest BCUT2D eigenvalue weighted by atomic mass is 10.0. The predicted molar refractivity (Wildman–Crippen MR) is 198 cm³/mol. The lowest BCUT2D eigenvalue weighted by Gasteiger charge is -2.23. The maximum Gasteiger partial charge on any atom is 0.266 e. The van der Waals surface area contributed by atoms with Crippen molar-refractivity contribution in [3.05, 3.63) is 24.3 Å². The normalized spacial score (nSPS) is 13.6. The third-order valence-corrected chi connectivity index (χ3v) is 9.69. The van der Waals surface area contributed by atoms with Crippen molar-refractivity contribution in [2.24, 2.45) is 0 Å². The van der Waals surface area contributed by atoms with Crippen molar-refractivity contribution >= 4 is 16.0 Å². The van der Waals surface area contributed by atoms with E-state index in [4.69, 9.17) is 0 Å². The third kappa shape index (κ3) is 34.2. The van der Waals surface area contributed by atoms with E-state index in [2.05, 4.69) is 43.5 Å². The molecule has 0 aromatic carbocycles. The van der Waals surface area contributed by atoms with Crippen LogP contribution < -0.4 is 5.32 Å². The number of unbranched alkanes of at least 4 members (excludes halogenated alkanes) is 23. The van der Waals surface area contributed by atoms with Crippen LogP contribution in [0, 0.1) is 0 Å². The Kier molecular flexibility index (Phi) is 32.8. The van der Waals surface area contributed by atoms with Crippen LogP contribution in [-0.4, -0.2) is 41.9 Å². The number of carbonyl (C=O) groups excluding carboxylic acids is 1. The number of carbonyl (C=O) groups is 1. The first-order valence-corrected chi connectivity index (χ1v) is 21.1. The number of aliphatic hydroxyl groups is 1. The molecule has 3 N–H and O–H groups in total. The molecule has 2 atom stereocenters. The maximum atomic E-state index is 12.5. The van der Waals surface area contributed by atoms with Gasteiger partial charge >= 0.3 is 0 Å². The molecule has 0 saturated heterocycles. The topological polar surface area (TPSA) is 104 Å². The summed E-state index contributed by atoms with van der Waals surface area (Å²) in [6, 6.07) is -0.975. The van der Waals surface area contributed by atoms with Crippen LogP contribution in [0.2, 0.25) is 0 Å². The van der Waals surface area contributed by atoms with E-state index < -0.39 is 28.0 Å². The largest absolute Gasteiger partial charge is 0.391 e.